The van der Waals surface area contributed by atoms with E-state index in [9.17, 15) is 13.5 Å². The van der Waals surface area contributed by atoms with Crippen molar-refractivity contribution in [1.82, 2.24) is 4.72 Å². The van der Waals surface area contributed by atoms with Gasteiger partial charge in [0.05, 0.1) is 10.9 Å². The summed E-state index contributed by atoms with van der Waals surface area (Å²) in [6.07, 6.45) is 0.338. The normalized spacial score (nSPS) is 13.3. The molecule has 0 fully saturated rings. The first kappa shape index (κ1) is 16.1. The maximum Gasteiger partial charge on any atom is 0.241 e. The number of thiophene rings is 1. The van der Waals surface area contributed by atoms with Gasteiger partial charge in [-0.3, -0.25) is 0 Å². The molecule has 0 saturated heterocycles. The van der Waals surface area contributed by atoms with Crippen LogP contribution in [0.25, 0.3) is 10.8 Å². The zero-order chi connectivity index (χ0) is 16.3. The molecule has 0 spiro atoms. The Hall–Kier alpha value is -1.73. The third-order valence-electron chi connectivity index (χ3n) is 3.64. The molecule has 1 atom stereocenters. The smallest absolute Gasteiger partial charge is 0.241 e. The minimum absolute atomic E-state index is 0.0827. The summed E-state index contributed by atoms with van der Waals surface area (Å²) in [6, 6.07) is 15.9. The number of fused-ring (bicyclic) bond motifs is 1. The van der Waals surface area contributed by atoms with Gasteiger partial charge in [0, 0.05) is 16.9 Å². The van der Waals surface area contributed by atoms with Gasteiger partial charge in [-0.05, 0) is 29.3 Å². The summed E-state index contributed by atoms with van der Waals surface area (Å²) in [4.78, 5) is 1.15. The van der Waals surface area contributed by atoms with E-state index in [1.54, 1.807) is 18.2 Å². The number of nitrogens with one attached hydrogen (secondary N) is 1. The molecule has 3 aromatic rings. The summed E-state index contributed by atoms with van der Waals surface area (Å²) in [6.45, 7) is -0.0827. The van der Waals surface area contributed by atoms with Crippen molar-refractivity contribution in [3.63, 3.8) is 0 Å². The first-order valence-electron chi connectivity index (χ1n) is 7.26. The average Bonchev–Trinajstić information content (AvgIpc) is 3.08. The second kappa shape index (κ2) is 6.80. The van der Waals surface area contributed by atoms with Crippen molar-refractivity contribution in [3.05, 3.63) is 64.9 Å². The van der Waals surface area contributed by atoms with E-state index in [-0.39, 0.29) is 11.5 Å². The highest BCUT2D eigenvalue weighted by molar-refractivity contribution is 7.89. The Morgan fingerprint density at radius 2 is 1.83 bits per heavy atom. The molecule has 2 N–H and O–H groups in total. The van der Waals surface area contributed by atoms with Gasteiger partial charge in [-0.25, -0.2) is 13.1 Å². The molecule has 2 aromatic carbocycles. The van der Waals surface area contributed by atoms with E-state index in [1.165, 1.54) is 11.3 Å². The number of aliphatic hydroxyl groups is 1. The van der Waals surface area contributed by atoms with E-state index in [0.717, 1.165) is 10.3 Å². The molecule has 120 valence electrons. The second-order valence-electron chi connectivity index (χ2n) is 5.18. The van der Waals surface area contributed by atoms with Crippen molar-refractivity contribution in [2.24, 2.45) is 0 Å². The van der Waals surface area contributed by atoms with Crippen LogP contribution >= 0.6 is 11.3 Å². The maximum atomic E-state index is 12.8. The molecule has 3 rings (SSSR count). The Morgan fingerprint density at radius 1 is 1.04 bits per heavy atom. The molecule has 0 aliphatic carbocycles. The predicted molar refractivity (Wildman–Crippen MR) is 93.0 cm³/mol. The standard InChI is InChI=1S/C17H17NO3S2/c19-11-10-15(16-8-4-12-22-16)18-23(20,21)17-9-3-6-13-5-1-2-7-14(13)17/h1-9,12,15,18-19H,10-11H2/t15-/m0/s1. The predicted octanol–water partition coefficient (Wildman–Crippen LogP) is 3.30. The summed E-state index contributed by atoms with van der Waals surface area (Å²) < 4.78 is 28.4. The van der Waals surface area contributed by atoms with Crippen molar-refractivity contribution >= 4 is 32.1 Å². The van der Waals surface area contributed by atoms with Gasteiger partial charge < -0.3 is 5.11 Å². The van der Waals surface area contributed by atoms with Gasteiger partial charge in [-0.15, -0.1) is 11.3 Å². The van der Waals surface area contributed by atoms with Crippen LogP contribution in [0.3, 0.4) is 0 Å². The molecule has 0 amide bonds. The van der Waals surface area contributed by atoms with Crippen molar-refractivity contribution in [2.45, 2.75) is 17.4 Å². The quantitative estimate of drug-likeness (QED) is 0.719. The van der Waals surface area contributed by atoms with Crippen molar-refractivity contribution < 1.29 is 13.5 Å². The van der Waals surface area contributed by atoms with Crippen LogP contribution < -0.4 is 4.72 Å². The largest absolute Gasteiger partial charge is 0.396 e. The SMILES string of the molecule is O=S(=O)(N[C@@H](CCO)c1cccs1)c1cccc2ccccc12. The molecule has 0 aliphatic heterocycles. The van der Waals surface area contributed by atoms with Gasteiger partial charge in [0.1, 0.15) is 0 Å². The highest BCUT2D eigenvalue weighted by Gasteiger charge is 2.23. The van der Waals surface area contributed by atoms with E-state index in [4.69, 9.17) is 0 Å². The van der Waals surface area contributed by atoms with E-state index >= 15 is 0 Å². The highest BCUT2D eigenvalue weighted by Crippen LogP contribution is 2.27. The monoisotopic (exact) mass is 347 g/mol. The zero-order valence-corrected chi connectivity index (χ0v) is 14.0. The van der Waals surface area contributed by atoms with Gasteiger partial charge in [0.15, 0.2) is 0 Å². The molecular weight excluding hydrogens is 330 g/mol. The molecule has 0 bridgehead atoms. The molecule has 1 heterocycles. The van der Waals surface area contributed by atoms with Gasteiger partial charge >= 0.3 is 0 Å². The van der Waals surface area contributed by atoms with E-state index in [0.29, 0.717) is 11.8 Å². The maximum absolute atomic E-state index is 12.8. The fourth-order valence-corrected chi connectivity index (χ4v) is 4.93. The van der Waals surface area contributed by atoms with Gasteiger partial charge in [-0.1, -0.05) is 42.5 Å². The lowest BCUT2D eigenvalue weighted by Crippen LogP contribution is -2.29. The minimum atomic E-state index is -3.69. The Morgan fingerprint density at radius 3 is 2.57 bits per heavy atom. The Labute approximate surface area is 139 Å². The lowest BCUT2D eigenvalue weighted by molar-refractivity contribution is 0.273. The van der Waals surface area contributed by atoms with Crippen LogP contribution in [-0.2, 0) is 10.0 Å². The molecule has 23 heavy (non-hydrogen) atoms. The van der Waals surface area contributed by atoms with Crippen LogP contribution in [-0.4, -0.2) is 20.1 Å². The lowest BCUT2D eigenvalue weighted by atomic mass is 10.1. The van der Waals surface area contributed by atoms with Gasteiger partial charge in [0.2, 0.25) is 10.0 Å². The molecule has 0 radical (unpaired) electrons. The topological polar surface area (TPSA) is 66.4 Å². The first-order chi connectivity index (χ1) is 11.1. The van der Waals surface area contributed by atoms with Gasteiger partial charge in [-0.2, -0.15) is 0 Å². The third kappa shape index (κ3) is 3.45. The van der Waals surface area contributed by atoms with E-state index in [1.807, 2.05) is 41.8 Å². The molecule has 6 heteroatoms. The molecule has 1 aromatic heterocycles. The number of hydrogen-bond acceptors (Lipinski definition) is 4. The summed E-state index contributed by atoms with van der Waals surface area (Å²) >= 11 is 1.47. The molecular formula is C17H17NO3S2. The average molecular weight is 347 g/mol. The molecule has 0 aliphatic rings. The molecule has 0 unspecified atom stereocenters. The fourth-order valence-electron chi connectivity index (χ4n) is 2.56. The molecule has 4 nitrogen and oxygen atoms in total. The summed E-state index contributed by atoms with van der Waals surface area (Å²) in [5.74, 6) is 0. The minimum Gasteiger partial charge on any atom is -0.396 e. The summed E-state index contributed by atoms with van der Waals surface area (Å²) in [5.41, 5.74) is 0. The lowest BCUT2D eigenvalue weighted by Gasteiger charge is -2.17. The van der Waals surface area contributed by atoms with Crippen LogP contribution in [0.2, 0.25) is 0 Å². The van der Waals surface area contributed by atoms with Gasteiger partial charge in [0.25, 0.3) is 0 Å². The van der Waals surface area contributed by atoms with Crippen LogP contribution in [0.1, 0.15) is 17.3 Å². The summed E-state index contributed by atoms with van der Waals surface area (Å²) in [7, 11) is -3.69. The Kier molecular flexibility index (Phi) is 4.77. The van der Waals surface area contributed by atoms with Crippen molar-refractivity contribution in [3.8, 4) is 0 Å². The number of hydrogen-bond donors (Lipinski definition) is 2. The second-order valence-corrected chi connectivity index (χ2v) is 7.84. The Bertz CT molecular complexity index is 884. The van der Waals surface area contributed by atoms with E-state index < -0.39 is 16.1 Å². The number of rotatable bonds is 6. The van der Waals surface area contributed by atoms with Crippen LogP contribution in [0.4, 0.5) is 0 Å². The zero-order valence-electron chi connectivity index (χ0n) is 12.3. The van der Waals surface area contributed by atoms with Crippen LogP contribution in [0, 0.1) is 0 Å². The first-order valence-corrected chi connectivity index (χ1v) is 9.62. The van der Waals surface area contributed by atoms with Crippen molar-refractivity contribution in [1.29, 1.82) is 0 Å². The van der Waals surface area contributed by atoms with E-state index in [2.05, 4.69) is 4.72 Å². The number of benzene rings is 2. The van der Waals surface area contributed by atoms with Crippen LogP contribution in [0.15, 0.2) is 64.9 Å². The number of sulfonamides is 1. The van der Waals surface area contributed by atoms with Crippen molar-refractivity contribution in [2.75, 3.05) is 6.61 Å². The van der Waals surface area contributed by atoms with Crippen LogP contribution in [0.5, 0.6) is 0 Å². The number of aliphatic hydroxyl groups excluding tert-OH is 1. The Balaban J connectivity index is 2.00. The summed E-state index contributed by atoms with van der Waals surface area (Å²) in [5, 5.41) is 12.7. The highest BCUT2D eigenvalue weighted by atomic mass is 32.2. The third-order valence-corrected chi connectivity index (χ3v) is 6.16. The fraction of sp³-hybridized carbons (Fsp3) is 0.176. The molecule has 0 saturated carbocycles.